The van der Waals surface area contributed by atoms with E-state index in [9.17, 15) is 9.59 Å². The molecule has 0 bridgehead atoms. The van der Waals surface area contributed by atoms with Gasteiger partial charge in [-0.15, -0.1) is 0 Å². The molecule has 2 aliphatic carbocycles. The summed E-state index contributed by atoms with van der Waals surface area (Å²) in [7, 11) is 0. The highest BCUT2D eigenvalue weighted by molar-refractivity contribution is 5.82. The lowest BCUT2D eigenvalue weighted by Crippen LogP contribution is -2.58. The Morgan fingerprint density at radius 2 is 1.71 bits per heavy atom. The highest BCUT2D eigenvalue weighted by Gasteiger charge is 2.38. The van der Waals surface area contributed by atoms with Crippen LogP contribution in [0.15, 0.2) is 22.8 Å². The third-order valence-corrected chi connectivity index (χ3v) is 6.86. The van der Waals surface area contributed by atoms with Crippen LogP contribution in [0.4, 0.5) is 0 Å². The summed E-state index contributed by atoms with van der Waals surface area (Å²) < 4.78 is 5.35. The summed E-state index contributed by atoms with van der Waals surface area (Å²) in [5.74, 6) is 1.91. The van der Waals surface area contributed by atoms with Gasteiger partial charge in [0.25, 0.3) is 0 Å². The van der Waals surface area contributed by atoms with Crippen LogP contribution in [0, 0.1) is 11.8 Å². The van der Waals surface area contributed by atoms with Gasteiger partial charge >= 0.3 is 0 Å². The molecule has 4 rings (SSSR count). The Kier molecular flexibility index (Phi) is 6.35. The second-order valence-corrected chi connectivity index (χ2v) is 8.63. The minimum absolute atomic E-state index is 0.0822. The maximum absolute atomic E-state index is 13.1. The first kappa shape index (κ1) is 19.5. The quantitative estimate of drug-likeness (QED) is 0.815. The number of amides is 2. The van der Waals surface area contributed by atoms with Crippen molar-refractivity contribution in [1.82, 2.24) is 15.1 Å². The van der Waals surface area contributed by atoms with Crippen LogP contribution in [0.5, 0.6) is 0 Å². The second kappa shape index (κ2) is 9.12. The SMILES string of the molecule is O=C(NCc1ccco1)[C@@H](C1CCCC1)N1CCN(C(=O)C2CCCC2)CC1. The molecule has 1 N–H and O–H groups in total. The number of hydrogen-bond donors (Lipinski definition) is 1. The Hall–Kier alpha value is -1.82. The van der Waals surface area contributed by atoms with Crippen molar-refractivity contribution in [3.05, 3.63) is 24.2 Å². The van der Waals surface area contributed by atoms with Gasteiger partial charge in [0.05, 0.1) is 18.8 Å². The zero-order valence-corrected chi connectivity index (χ0v) is 16.8. The monoisotopic (exact) mass is 387 g/mol. The molecule has 154 valence electrons. The fourth-order valence-electron chi connectivity index (χ4n) is 5.29. The van der Waals surface area contributed by atoms with E-state index in [-0.39, 0.29) is 17.9 Å². The van der Waals surface area contributed by atoms with Crippen molar-refractivity contribution in [3.63, 3.8) is 0 Å². The topological polar surface area (TPSA) is 65.8 Å². The summed E-state index contributed by atoms with van der Waals surface area (Å²) in [4.78, 5) is 30.2. The Morgan fingerprint density at radius 1 is 1.04 bits per heavy atom. The molecule has 1 saturated heterocycles. The van der Waals surface area contributed by atoms with Crippen LogP contribution in [-0.2, 0) is 16.1 Å². The van der Waals surface area contributed by atoms with E-state index < -0.39 is 0 Å². The molecule has 0 spiro atoms. The molecular formula is C22H33N3O3. The van der Waals surface area contributed by atoms with E-state index in [0.717, 1.165) is 57.6 Å². The Bertz CT molecular complexity index is 640. The van der Waals surface area contributed by atoms with Crippen LogP contribution >= 0.6 is 0 Å². The molecule has 28 heavy (non-hydrogen) atoms. The minimum Gasteiger partial charge on any atom is -0.467 e. The summed E-state index contributed by atoms with van der Waals surface area (Å²) in [5, 5.41) is 3.08. The molecule has 2 heterocycles. The first-order valence-corrected chi connectivity index (χ1v) is 11.1. The predicted octanol–water partition coefficient (Wildman–Crippen LogP) is 2.79. The molecular weight excluding hydrogens is 354 g/mol. The lowest BCUT2D eigenvalue weighted by atomic mass is 9.94. The van der Waals surface area contributed by atoms with E-state index in [1.54, 1.807) is 6.26 Å². The summed E-state index contributed by atoms with van der Waals surface area (Å²) in [6.45, 7) is 3.55. The number of nitrogens with zero attached hydrogens (tertiary/aromatic N) is 2. The van der Waals surface area contributed by atoms with E-state index in [1.807, 2.05) is 17.0 Å². The summed E-state index contributed by atoms with van der Waals surface area (Å²) in [6.07, 6.45) is 10.8. The number of carbonyl (C=O) groups excluding carboxylic acids is 2. The van der Waals surface area contributed by atoms with E-state index in [1.165, 1.54) is 25.7 Å². The van der Waals surface area contributed by atoms with Crippen molar-refractivity contribution in [2.75, 3.05) is 26.2 Å². The van der Waals surface area contributed by atoms with Crippen LogP contribution in [0.1, 0.15) is 57.1 Å². The van der Waals surface area contributed by atoms with Crippen molar-refractivity contribution in [2.45, 2.75) is 64.0 Å². The third-order valence-electron chi connectivity index (χ3n) is 6.86. The van der Waals surface area contributed by atoms with Gasteiger partial charge in [0.15, 0.2) is 0 Å². The zero-order chi connectivity index (χ0) is 19.3. The molecule has 0 unspecified atom stereocenters. The molecule has 6 nitrogen and oxygen atoms in total. The van der Waals surface area contributed by atoms with Gasteiger partial charge in [-0.3, -0.25) is 14.5 Å². The van der Waals surface area contributed by atoms with E-state index in [0.29, 0.717) is 18.4 Å². The Labute approximate surface area is 167 Å². The molecule has 0 radical (unpaired) electrons. The predicted molar refractivity (Wildman–Crippen MR) is 106 cm³/mol. The normalized spacial score (nSPS) is 23.2. The summed E-state index contributed by atoms with van der Waals surface area (Å²) >= 11 is 0. The number of hydrogen-bond acceptors (Lipinski definition) is 4. The van der Waals surface area contributed by atoms with E-state index in [2.05, 4.69) is 10.2 Å². The van der Waals surface area contributed by atoms with Crippen LogP contribution in [0.25, 0.3) is 0 Å². The number of piperazine rings is 1. The molecule has 2 saturated carbocycles. The fourth-order valence-corrected chi connectivity index (χ4v) is 5.29. The lowest BCUT2D eigenvalue weighted by molar-refractivity contribution is -0.138. The molecule has 1 aliphatic heterocycles. The lowest BCUT2D eigenvalue weighted by Gasteiger charge is -2.41. The fraction of sp³-hybridized carbons (Fsp3) is 0.727. The number of nitrogens with one attached hydrogen (secondary N) is 1. The van der Waals surface area contributed by atoms with Gasteiger partial charge in [-0.2, -0.15) is 0 Å². The van der Waals surface area contributed by atoms with Crippen molar-refractivity contribution in [3.8, 4) is 0 Å². The molecule has 3 fully saturated rings. The van der Waals surface area contributed by atoms with Crippen LogP contribution < -0.4 is 5.32 Å². The maximum Gasteiger partial charge on any atom is 0.238 e. The average Bonchev–Trinajstić information content (AvgIpc) is 3.50. The first-order chi connectivity index (χ1) is 13.7. The molecule has 1 atom stereocenters. The summed E-state index contributed by atoms with van der Waals surface area (Å²) in [5.41, 5.74) is 0. The van der Waals surface area contributed by atoms with Gasteiger partial charge < -0.3 is 14.6 Å². The van der Waals surface area contributed by atoms with Crippen molar-refractivity contribution in [1.29, 1.82) is 0 Å². The number of carbonyl (C=O) groups is 2. The standard InChI is InChI=1S/C22H33N3O3/c26-21(23-16-19-10-5-15-28-19)20(17-6-1-2-7-17)24-11-13-25(14-12-24)22(27)18-8-3-4-9-18/h5,10,15,17-18,20H,1-4,6-9,11-14,16H2,(H,23,26)/t20-/m1/s1. The van der Waals surface area contributed by atoms with E-state index in [4.69, 9.17) is 4.42 Å². The van der Waals surface area contributed by atoms with Crippen LogP contribution in [0.3, 0.4) is 0 Å². The Morgan fingerprint density at radius 3 is 2.36 bits per heavy atom. The minimum atomic E-state index is -0.0822. The van der Waals surface area contributed by atoms with Gasteiger partial charge in [0.2, 0.25) is 11.8 Å². The van der Waals surface area contributed by atoms with Gasteiger partial charge in [0, 0.05) is 32.1 Å². The Balaban J connectivity index is 1.35. The highest BCUT2D eigenvalue weighted by atomic mass is 16.3. The van der Waals surface area contributed by atoms with Crippen LogP contribution in [0.2, 0.25) is 0 Å². The van der Waals surface area contributed by atoms with Gasteiger partial charge in [0.1, 0.15) is 5.76 Å². The second-order valence-electron chi connectivity index (χ2n) is 8.63. The smallest absolute Gasteiger partial charge is 0.238 e. The number of rotatable bonds is 6. The molecule has 2 amide bonds. The number of furan rings is 1. The van der Waals surface area contributed by atoms with Crippen molar-refractivity contribution < 1.29 is 14.0 Å². The van der Waals surface area contributed by atoms with Crippen LogP contribution in [-0.4, -0.2) is 53.8 Å². The van der Waals surface area contributed by atoms with Gasteiger partial charge in [-0.1, -0.05) is 25.7 Å². The summed E-state index contributed by atoms with van der Waals surface area (Å²) in [6, 6.07) is 3.65. The molecule has 3 aliphatic rings. The van der Waals surface area contributed by atoms with Gasteiger partial charge in [-0.05, 0) is 43.7 Å². The van der Waals surface area contributed by atoms with Gasteiger partial charge in [-0.25, -0.2) is 0 Å². The highest BCUT2D eigenvalue weighted by Crippen LogP contribution is 2.32. The molecule has 1 aromatic heterocycles. The maximum atomic E-state index is 13.1. The third kappa shape index (κ3) is 4.43. The average molecular weight is 388 g/mol. The largest absolute Gasteiger partial charge is 0.467 e. The molecule has 0 aromatic carbocycles. The van der Waals surface area contributed by atoms with Crippen molar-refractivity contribution >= 4 is 11.8 Å². The zero-order valence-electron chi connectivity index (χ0n) is 16.8. The van der Waals surface area contributed by atoms with Crippen molar-refractivity contribution in [2.24, 2.45) is 11.8 Å². The molecule has 6 heteroatoms. The van der Waals surface area contributed by atoms with E-state index >= 15 is 0 Å². The molecule has 1 aromatic rings. The first-order valence-electron chi connectivity index (χ1n) is 11.1.